The highest BCUT2D eigenvalue weighted by atomic mass is 15.1. The van der Waals surface area contributed by atoms with Gasteiger partial charge in [-0.3, -0.25) is 4.90 Å². The van der Waals surface area contributed by atoms with Crippen molar-refractivity contribution in [2.45, 2.75) is 38.6 Å². The molecule has 0 atom stereocenters. The van der Waals surface area contributed by atoms with E-state index in [1.54, 1.807) is 11.1 Å². The summed E-state index contributed by atoms with van der Waals surface area (Å²) in [5, 5.41) is 3.31. The monoisotopic (exact) mass is 258 g/mol. The molecule has 1 aliphatic carbocycles. The largest absolute Gasteiger partial charge is 0.319 e. The van der Waals surface area contributed by atoms with E-state index < -0.39 is 0 Å². The molecule has 0 unspecified atom stereocenters. The second kappa shape index (κ2) is 6.06. The average Bonchev–Trinajstić information content (AvgIpc) is 2.89. The first-order valence-corrected chi connectivity index (χ1v) is 7.83. The highest BCUT2D eigenvalue weighted by Gasteiger charge is 2.19. The Morgan fingerprint density at radius 1 is 1.16 bits per heavy atom. The van der Waals surface area contributed by atoms with Crippen molar-refractivity contribution in [3.05, 3.63) is 34.9 Å². The maximum absolute atomic E-state index is 3.31. The number of rotatable bonds is 4. The van der Waals surface area contributed by atoms with Crippen molar-refractivity contribution >= 4 is 0 Å². The van der Waals surface area contributed by atoms with Gasteiger partial charge >= 0.3 is 0 Å². The summed E-state index contributed by atoms with van der Waals surface area (Å²) < 4.78 is 0. The molecule has 0 aromatic heterocycles. The van der Waals surface area contributed by atoms with Crippen molar-refractivity contribution in [1.29, 1.82) is 0 Å². The second-order valence-corrected chi connectivity index (χ2v) is 6.23. The molecule has 2 nitrogen and oxygen atoms in total. The van der Waals surface area contributed by atoms with E-state index in [-0.39, 0.29) is 0 Å². The van der Waals surface area contributed by atoms with Gasteiger partial charge in [0.15, 0.2) is 0 Å². The molecule has 1 N–H and O–H groups in total. The zero-order chi connectivity index (χ0) is 13.1. The van der Waals surface area contributed by atoms with Gasteiger partial charge in [-0.2, -0.15) is 0 Å². The van der Waals surface area contributed by atoms with E-state index in [1.165, 1.54) is 57.3 Å². The molecule has 0 bridgehead atoms. The van der Waals surface area contributed by atoms with Crippen LogP contribution in [0, 0.1) is 5.92 Å². The van der Waals surface area contributed by atoms with Gasteiger partial charge < -0.3 is 5.32 Å². The normalized spacial score (nSPS) is 20.7. The van der Waals surface area contributed by atoms with Crippen LogP contribution in [0.5, 0.6) is 0 Å². The molecule has 1 fully saturated rings. The Labute approximate surface area is 117 Å². The number of nitrogens with one attached hydrogen (secondary N) is 1. The van der Waals surface area contributed by atoms with Crippen LogP contribution in [0.15, 0.2) is 18.2 Å². The number of benzene rings is 1. The number of likely N-dealkylation sites (tertiary alicyclic amines) is 1. The van der Waals surface area contributed by atoms with Crippen molar-refractivity contribution in [1.82, 2.24) is 10.2 Å². The summed E-state index contributed by atoms with van der Waals surface area (Å²) in [6.07, 6.45) is 6.66. The highest BCUT2D eigenvalue weighted by molar-refractivity contribution is 5.35. The van der Waals surface area contributed by atoms with Gasteiger partial charge in [0.25, 0.3) is 0 Å². The van der Waals surface area contributed by atoms with Crippen LogP contribution in [0.25, 0.3) is 0 Å². The molecule has 1 aromatic rings. The van der Waals surface area contributed by atoms with Crippen LogP contribution >= 0.6 is 0 Å². The van der Waals surface area contributed by atoms with Gasteiger partial charge in [0.05, 0.1) is 0 Å². The van der Waals surface area contributed by atoms with E-state index in [9.17, 15) is 0 Å². The van der Waals surface area contributed by atoms with Crippen LogP contribution in [0.3, 0.4) is 0 Å². The van der Waals surface area contributed by atoms with Gasteiger partial charge in [-0.05, 0) is 81.4 Å². The SMILES string of the molecule is CNCC1CCN(Cc2ccc3c(c2)CCC3)CC1. The zero-order valence-electron chi connectivity index (χ0n) is 12.1. The zero-order valence-corrected chi connectivity index (χ0v) is 12.1. The smallest absolute Gasteiger partial charge is 0.0233 e. The maximum atomic E-state index is 3.31. The Hall–Kier alpha value is -0.860. The summed E-state index contributed by atoms with van der Waals surface area (Å²) in [5.74, 6) is 0.890. The minimum Gasteiger partial charge on any atom is -0.319 e. The van der Waals surface area contributed by atoms with Crippen molar-refractivity contribution in [2.75, 3.05) is 26.7 Å². The fourth-order valence-electron chi connectivity index (χ4n) is 3.62. The van der Waals surface area contributed by atoms with E-state index >= 15 is 0 Å². The Kier molecular flexibility index (Phi) is 4.19. The lowest BCUT2D eigenvalue weighted by Gasteiger charge is -2.32. The van der Waals surface area contributed by atoms with Gasteiger partial charge in [-0.1, -0.05) is 18.2 Å². The van der Waals surface area contributed by atoms with Crippen LogP contribution in [0.2, 0.25) is 0 Å². The molecular weight excluding hydrogens is 232 g/mol. The lowest BCUT2D eigenvalue weighted by Crippen LogP contribution is -2.36. The van der Waals surface area contributed by atoms with Crippen LogP contribution in [-0.2, 0) is 19.4 Å². The van der Waals surface area contributed by atoms with Crippen molar-refractivity contribution in [3.8, 4) is 0 Å². The van der Waals surface area contributed by atoms with Gasteiger partial charge in [-0.25, -0.2) is 0 Å². The lowest BCUT2D eigenvalue weighted by molar-refractivity contribution is 0.177. The Balaban J connectivity index is 1.55. The quantitative estimate of drug-likeness (QED) is 0.893. The number of hydrogen-bond acceptors (Lipinski definition) is 2. The molecule has 1 saturated heterocycles. The topological polar surface area (TPSA) is 15.3 Å². The predicted molar refractivity (Wildman–Crippen MR) is 80.4 cm³/mol. The minimum atomic E-state index is 0.890. The van der Waals surface area contributed by atoms with E-state index in [0.717, 1.165) is 12.5 Å². The molecule has 0 radical (unpaired) electrons. The van der Waals surface area contributed by atoms with Crippen LogP contribution in [0.4, 0.5) is 0 Å². The molecule has 19 heavy (non-hydrogen) atoms. The second-order valence-electron chi connectivity index (χ2n) is 6.23. The summed E-state index contributed by atoms with van der Waals surface area (Å²) in [6, 6.07) is 7.18. The van der Waals surface area contributed by atoms with Gasteiger partial charge in [0.2, 0.25) is 0 Å². The molecule has 0 amide bonds. The minimum absolute atomic E-state index is 0.890. The molecule has 104 valence electrons. The fraction of sp³-hybridized carbons (Fsp3) is 0.647. The van der Waals surface area contributed by atoms with Crippen molar-refractivity contribution < 1.29 is 0 Å². The van der Waals surface area contributed by atoms with E-state index in [0.29, 0.717) is 0 Å². The summed E-state index contributed by atoms with van der Waals surface area (Å²) in [7, 11) is 2.07. The summed E-state index contributed by atoms with van der Waals surface area (Å²) in [5.41, 5.74) is 4.73. The highest BCUT2D eigenvalue weighted by Crippen LogP contribution is 2.24. The van der Waals surface area contributed by atoms with E-state index in [4.69, 9.17) is 0 Å². The third-order valence-corrected chi connectivity index (χ3v) is 4.77. The van der Waals surface area contributed by atoms with Gasteiger partial charge in [0, 0.05) is 6.54 Å². The number of piperidine rings is 1. The first-order chi connectivity index (χ1) is 9.35. The Morgan fingerprint density at radius 2 is 1.95 bits per heavy atom. The molecule has 0 spiro atoms. The van der Waals surface area contributed by atoms with Crippen LogP contribution < -0.4 is 5.32 Å². The number of aryl methyl sites for hydroxylation is 2. The summed E-state index contributed by atoms with van der Waals surface area (Å²) in [6.45, 7) is 4.87. The Bertz CT molecular complexity index is 419. The van der Waals surface area contributed by atoms with E-state index in [1.807, 2.05) is 0 Å². The molecular formula is C17H26N2. The van der Waals surface area contributed by atoms with Crippen LogP contribution in [-0.4, -0.2) is 31.6 Å². The first kappa shape index (κ1) is 13.1. The first-order valence-electron chi connectivity index (χ1n) is 7.83. The fourth-order valence-corrected chi connectivity index (χ4v) is 3.62. The van der Waals surface area contributed by atoms with Gasteiger partial charge in [-0.15, -0.1) is 0 Å². The number of fused-ring (bicyclic) bond motifs is 1. The lowest BCUT2D eigenvalue weighted by atomic mass is 9.96. The Morgan fingerprint density at radius 3 is 2.74 bits per heavy atom. The number of hydrogen-bond donors (Lipinski definition) is 1. The van der Waals surface area contributed by atoms with Crippen molar-refractivity contribution in [2.24, 2.45) is 5.92 Å². The number of nitrogens with zero attached hydrogens (tertiary/aromatic N) is 1. The average molecular weight is 258 g/mol. The molecule has 0 saturated carbocycles. The third-order valence-electron chi connectivity index (χ3n) is 4.77. The standard InChI is InChI=1S/C17H26N2/c1-18-12-14-7-9-19(10-8-14)13-15-5-6-16-3-2-4-17(16)11-15/h5-6,11,14,18H,2-4,7-10,12-13H2,1H3. The summed E-state index contributed by atoms with van der Waals surface area (Å²) >= 11 is 0. The van der Waals surface area contributed by atoms with E-state index in [2.05, 4.69) is 35.5 Å². The molecule has 3 rings (SSSR count). The molecule has 1 heterocycles. The summed E-state index contributed by atoms with van der Waals surface area (Å²) in [4.78, 5) is 2.63. The molecule has 2 heteroatoms. The molecule has 2 aliphatic rings. The predicted octanol–water partition coefficient (Wildman–Crippen LogP) is 2.61. The molecule has 1 aromatic carbocycles. The maximum Gasteiger partial charge on any atom is 0.0233 e. The van der Waals surface area contributed by atoms with Crippen molar-refractivity contribution in [3.63, 3.8) is 0 Å². The molecule has 1 aliphatic heterocycles. The third kappa shape index (κ3) is 3.18. The van der Waals surface area contributed by atoms with Crippen LogP contribution in [0.1, 0.15) is 36.0 Å². The van der Waals surface area contributed by atoms with Gasteiger partial charge in [0.1, 0.15) is 0 Å².